The lowest BCUT2D eigenvalue weighted by molar-refractivity contribution is -0.123. The van der Waals surface area contributed by atoms with E-state index in [0.29, 0.717) is 20.8 Å². The molecule has 0 heterocycles. The van der Waals surface area contributed by atoms with Crippen molar-refractivity contribution in [2.24, 2.45) is 0 Å². The van der Waals surface area contributed by atoms with Crippen LogP contribution in [-0.2, 0) is 4.79 Å². The molecule has 1 N–H and O–H groups in total. The number of halogens is 3. The van der Waals surface area contributed by atoms with E-state index in [0.717, 1.165) is 12.8 Å². The lowest BCUT2D eigenvalue weighted by Crippen LogP contribution is -2.37. The van der Waals surface area contributed by atoms with Crippen LogP contribution in [0.15, 0.2) is 12.1 Å². The maximum atomic E-state index is 11.9. The summed E-state index contributed by atoms with van der Waals surface area (Å²) in [6.07, 6.45) is 6.93. The zero-order chi connectivity index (χ0) is 15.2. The molecular formula is C15H18Cl3NO2. The summed E-state index contributed by atoms with van der Waals surface area (Å²) in [5.41, 5.74) is 0. The molecule has 2 rings (SSSR count). The van der Waals surface area contributed by atoms with Crippen LogP contribution in [0.3, 0.4) is 0 Å². The van der Waals surface area contributed by atoms with E-state index in [4.69, 9.17) is 39.5 Å². The van der Waals surface area contributed by atoms with Crippen molar-refractivity contribution in [3.8, 4) is 5.75 Å². The van der Waals surface area contributed by atoms with E-state index >= 15 is 0 Å². The molecule has 21 heavy (non-hydrogen) atoms. The van der Waals surface area contributed by atoms with Crippen molar-refractivity contribution in [1.82, 2.24) is 5.32 Å². The minimum absolute atomic E-state index is 0.0752. The summed E-state index contributed by atoms with van der Waals surface area (Å²) < 4.78 is 5.42. The summed E-state index contributed by atoms with van der Waals surface area (Å²) in [6, 6.07) is 3.28. The van der Waals surface area contributed by atoms with Gasteiger partial charge in [-0.2, -0.15) is 0 Å². The highest BCUT2D eigenvalue weighted by atomic mass is 35.5. The zero-order valence-corrected chi connectivity index (χ0v) is 13.9. The number of hydrogen-bond donors (Lipinski definition) is 1. The molecule has 0 saturated heterocycles. The average molecular weight is 351 g/mol. The van der Waals surface area contributed by atoms with Crippen molar-refractivity contribution in [3.63, 3.8) is 0 Å². The predicted molar refractivity (Wildman–Crippen MR) is 86.6 cm³/mol. The van der Waals surface area contributed by atoms with Crippen LogP contribution >= 0.6 is 34.8 Å². The molecule has 0 spiro atoms. The second kappa shape index (κ2) is 8.11. The number of carbonyl (C=O) groups is 1. The molecule has 0 aromatic heterocycles. The highest BCUT2D eigenvalue weighted by molar-refractivity contribution is 6.43. The van der Waals surface area contributed by atoms with Crippen molar-refractivity contribution < 1.29 is 9.53 Å². The molecule has 1 fully saturated rings. The number of nitrogens with one attached hydrogen (secondary N) is 1. The second-order valence-corrected chi connectivity index (χ2v) is 6.46. The quantitative estimate of drug-likeness (QED) is 0.622. The molecule has 1 aromatic carbocycles. The van der Waals surface area contributed by atoms with E-state index < -0.39 is 0 Å². The van der Waals surface area contributed by atoms with Gasteiger partial charge in [-0.05, 0) is 18.9 Å². The van der Waals surface area contributed by atoms with E-state index in [-0.39, 0.29) is 18.6 Å². The number of hydrogen-bond acceptors (Lipinski definition) is 2. The molecule has 116 valence electrons. The molecule has 1 aliphatic carbocycles. The zero-order valence-electron chi connectivity index (χ0n) is 11.6. The van der Waals surface area contributed by atoms with Crippen molar-refractivity contribution in [2.45, 2.75) is 44.6 Å². The highest BCUT2D eigenvalue weighted by Crippen LogP contribution is 2.33. The monoisotopic (exact) mass is 349 g/mol. The van der Waals surface area contributed by atoms with E-state index in [9.17, 15) is 4.79 Å². The van der Waals surface area contributed by atoms with Crippen LogP contribution in [0.1, 0.15) is 38.5 Å². The van der Waals surface area contributed by atoms with Gasteiger partial charge >= 0.3 is 0 Å². The van der Waals surface area contributed by atoms with Gasteiger partial charge in [-0.1, -0.05) is 60.5 Å². The van der Waals surface area contributed by atoms with Gasteiger partial charge in [0.25, 0.3) is 5.91 Å². The van der Waals surface area contributed by atoms with E-state index in [2.05, 4.69) is 5.32 Å². The third-order valence-electron chi connectivity index (χ3n) is 3.55. The Balaban J connectivity index is 1.84. The normalized spacial score (nSPS) is 16.3. The van der Waals surface area contributed by atoms with Crippen LogP contribution in [0.4, 0.5) is 0 Å². The first kappa shape index (κ1) is 16.7. The highest BCUT2D eigenvalue weighted by Gasteiger charge is 2.15. The first-order valence-electron chi connectivity index (χ1n) is 7.13. The standard InChI is InChI=1S/C15H18Cl3NO2/c16-11-7-13(18)14(8-12(11)17)21-9-15(20)19-10-5-3-1-2-4-6-10/h7-8,10H,1-6,9H2,(H,19,20). The van der Waals surface area contributed by atoms with Crippen LogP contribution < -0.4 is 10.1 Å². The Hall–Kier alpha value is -0.640. The summed E-state index contributed by atoms with van der Waals surface area (Å²) in [6.45, 7) is -0.0752. The largest absolute Gasteiger partial charge is 0.482 e. The molecule has 0 bridgehead atoms. The number of rotatable bonds is 4. The second-order valence-electron chi connectivity index (χ2n) is 5.24. The number of ether oxygens (including phenoxy) is 1. The van der Waals surface area contributed by atoms with Gasteiger partial charge in [0.05, 0.1) is 15.1 Å². The van der Waals surface area contributed by atoms with Gasteiger partial charge in [-0.25, -0.2) is 0 Å². The molecular weight excluding hydrogens is 333 g/mol. The van der Waals surface area contributed by atoms with Gasteiger partial charge in [0.1, 0.15) is 5.75 Å². The Morgan fingerprint density at radius 2 is 1.67 bits per heavy atom. The third-order valence-corrected chi connectivity index (χ3v) is 4.57. The maximum absolute atomic E-state index is 11.9. The van der Waals surface area contributed by atoms with Crippen LogP contribution in [0, 0.1) is 0 Å². The van der Waals surface area contributed by atoms with Crippen molar-refractivity contribution >= 4 is 40.7 Å². The number of carbonyl (C=O) groups excluding carboxylic acids is 1. The molecule has 0 radical (unpaired) electrons. The summed E-state index contributed by atoms with van der Waals surface area (Å²) in [7, 11) is 0. The van der Waals surface area contributed by atoms with Gasteiger partial charge in [-0.15, -0.1) is 0 Å². The number of amides is 1. The first-order valence-corrected chi connectivity index (χ1v) is 8.26. The Kier molecular flexibility index (Phi) is 6.46. The minimum atomic E-state index is -0.135. The van der Waals surface area contributed by atoms with Crippen molar-refractivity contribution in [3.05, 3.63) is 27.2 Å². The topological polar surface area (TPSA) is 38.3 Å². The van der Waals surface area contributed by atoms with Gasteiger partial charge < -0.3 is 10.1 Å². The van der Waals surface area contributed by atoms with Gasteiger partial charge in [0.2, 0.25) is 0 Å². The Morgan fingerprint density at radius 1 is 1.05 bits per heavy atom. The Labute approximate surface area is 139 Å². The fourth-order valence-electron chi connectivity index (χ4n) is 2.45. The molecule has 0 unspecified atom stereocenters. The smallest absolute Gasteiger partial charge is 0.258 e. The fourth-order valence-corrected chi connectivity index (χ4v) is 3.04. The van der Waals surface area contributed by atoms with Gasteiger partial charge in [-0.3, -0.25) is 4.79 Å². The summed E-state index contributed by atoms with van der Waals surface area (Å²) in [4.78, 5) is 11.9. The van der Waals surface area contributed by atoms with Gasteiger partial charge in [0, 0.05) is 12.1 Å². The van der Waals surface area contributed by atoms with Crippen LogP contribution in [0.25, 0.3) is 0 Å². The number of benzene rings is 1. The predicted octanol–water partition coefficient (Wildman–Crippen LogP) is 4.86. The Bertz CT molecular complexity index is 500. The Morgan fingerprint density at radius 3 is 2.33 bits per heavy atom. The lowest BCUT2D eigenvalue weighted by Gasteiger charge is -2.16. The van der Waals surface area contributed by atoms with Crippen molar-refractivity contribution in [2.75, 3.05) is 6.61 Å². The van der Waals surface area contributed by atoms with Crippen molar-refractivity contribution in [1.29, 1.82) is 0 Å². The molecule has 3 nitrogen and oxygen atoms in total. The minimum Gasteiger partial charge on any atom is -0.482 e. The summed E-state index contributed by atoms with van der Waals surface area (Å²) in [5, 5.41) is 4.05. The van der Waals surface area contributed by atoms with Crippen LogP contribution in [0.2, 0.25) is 15.1 Å². The SMILES string of the molecule is O=C(COc1cc(Cl)c(Cl)cc1Cl)NC1CCCCCC1. The molecule has 1 aromatic rings. The summed E-state index contributed by atoms with van der Waals surface area (Å²) in [5.74, 6) is 0.228. The fraction of sp³-hybridized carbons (Fsp3) is 0.533. The molecule has 1 aliphatic rings. The third kappa shape index (κ3) is 5.24. The maximum Gasteiger partial charge on any atom is 0.258 e. The lowest BCUT2D eigenvalue weighted by atomic mass is 10.1. The van der Waals surface area contributed by atoms with Gasteiger partial charge in [0.15, 0.2) is 6.61 Å². The summed E-state index contributed by atoms with van der Waals surface area (Å²) >= 11 is 17.7. The average Bonchev–Trinajstić information content (AvgIpc) is 2.70. The molecule has 6 heteroatoms. The molecule has 1 amide bonds. The van der Waals surface area contributed by atoms with E-state index in [1.165, 1.54) is 37.8 Å². The molecule has 1 saturated carbocycles. The molecule has 0 aliphatic heterocycles. The first-order chi connectivity index (χ1) is 10.1. The van der Waals surface area contributed by atoms with E-state index in [1.807, 2.05) is 0 Å². The van der Waals surface area contributed by atoms with Crippen LogP contribution in [0.5, 0.6) is 5.75 Å². The van der Waals surface area contributed by atoms with Crippen LogP contribution in [-0.4, -0.2) is 18.6 Å². The molecule has 0 atom stereocenters. The van der Waals surface area contributed by atoms with E-state index in [1.54, 1.807) is 0 Å².